The van der Waals surface area contributed by atoms with Crippen molar-refractivity contribution in [3.8, 4) is 11.5 Å². The minimum atomic E-state index is -0.624. The first-order valence-corrected chi connectivity index (χ1v) is 7.77. The molecule has 0 spiro atoms. The summed E-state index contributed by atoms with van der Waals surface area (Å²) in [6, 6.07) is 11.8. The molecule has 0 aliphatic carbocycles. The Morgan fingerprint density at radius 1 is 1.08 bits per heavy atom. The second kappa shape index (κ2) is 8.89. The van der Waals surface area contributed by atoms with E-state index in [1.165, 1.54) is 20.3 Å². The summed E-state index contributed by atoms with van der Waals surface area (Å²) in [5, 5.41) is 0.567. The van der Waals surface area contributed by atoms with Crippen LogP contribution in [-0.2, 0) is 9.53 Å². The molecule has 2 aromatic rings. The number of rotatable bonds is 7. The van der Waals surface area contributed by atoms with Crippen molar-refractivity contribution in [1.82, 2.24) is 0 Å². The van der Waals surface area contributed by atoms with Crippen LogP contribution in [-0.4, -0.2) is 32.6 Å². The maximum absolute atomic E-state index is 12.2. The molecule has 0 bridgehead atoms. The molecule has 0 fully saturated rings. The Hall–Kier alpha value is -2.79. The predicted octanol–water partition coefficient (Wildman–Crippen LogP) is 3.80. The average Bonchev–Trinajstić information content (AvgIpc) is 2.63. The molecule has 130 valence electrons. The lowest BCUT2D eigenvalue weighted by molar-refractivity contribution is -0.136. The lowest BCUT2D eigenvalue weighted by Crippen LogP contribution is -2.13. The molecule has 0 radical (unpaired) electrons. The summed E-state index contributed by atoms with van der Waals surface area (Å²) in [4.78, 5) is 24.0. The second-order valence-electron chi connectivity index (χ2n) is 4.99. The Labute approximate surface area is 150 Å². The normalized spacial score (nSPS) is 10.5. The molecule has 0 unspecified atom stereocenters. The van der Waals surface area contributed by atoms with Crippen molar-refractivity contribution in [3.63, 3.8) is 0 Å². The number of hydrogen-bond acceptors (Lipinski definition) is 5. The monoisotopic (exact) mass is 360 g/mol. The average molecular weight is 361 g/mol. The number of esters is 1. The maximum atomic E-state index is 12.2. The van der Waals surface area contributed by atoms with Crippen molar-refractivity contribution < 1.29 is 23.8 Å². The van der Waals surface area contributed by atoms with Gasteiger partial charge < -0.3 is 14.2 Å². The van der Waals surface area contributed by atoms with E-state index in [0.29, 0.717) is 22.1 Å². The van der Waals surface area contributed by atoms with E-state index in [-0.39, 0.29) is 12.4 Å². The minimum absolute atomic E-state index is 0.315. The third-order valence-electron chi connectivity index (χ3n) is 3.32. The van der Waals surface area contributed by atoms with Crippen LogP contribution in [0.3, 0.4) is 0 Å². The van der Waals surface area contributed by atoms with Gasteiger partial charge in [-0.1, -0.05) is 23.7 Å². The fraction of sp³-hybridized carbons (Fsp3) is 0.158. The fourth-order valence-electron chi connectivity index (χ4n) is 2.07. The highest BCUT2D eigenvalue weighted by atomic mass is 35.5. The van der Waals surface area contributed by atoms with Gasteiger partial charge in [0.1, 0.15) is 11.5 Å². The number of ether oxygens (including phenoxy) is 3. The van der Waals surface area contributed by atoms with E-state index in [2.05, 4.69) is 0 Å². The number of Topliss-reactive ketones (excluding diaryl/α,β-unsaturated/α-hetero) is 1. The molecule has 0 heterocycles. The smallest absolute Gasteiger partial charge is 0.331 e. The van der Waals surface area contributed by atoms with Crippen molar-refractivity contribution in [1.29, 1.82) is 0 Å². The Bertz CT molecular complexity index is 798. The van der Waals surface area contributed by atoms with Crippen molar-refractivity contribution >= 4 is 29.4 Å². The first kappa shape index (κ1) is 18.5. The molecular formula is C19H17ClO5. The first-order chi connectivity index (χ1) is 12.0. The molecule has 0 amide bonds. The Kier molecular flexibility index (Phi) is 6.60. The summed E-state index contributed by atoms with van der Waals surface area (Å²) in [7, 11) is 2.97. The van der Waals surface area contributed by atoms with E-state index < -0.39 is 5.97 Å². The zero-order valence-corrected chi connectivity index (χ0v) is 14.6. The van der Waals surface area contributed by atoms with Crippen LogP contribution in [0.2, 0.25) is 5.02 Å². The second-order valence-corrected chi connectivity index (χ2v) is 5.42. The highest BCUT2D eigenvalue weighted by molar-refractivity contribution is 6.30. The van der Waals surface area contributed by atoms with Crippen LogP contribution in [0.15, 0.2) is 48.5 Å². The number of halogens is 1. The molecule has 0 aliphatic rings. The van der Waals surface area contributed by atoms with Crippen LogP contribution >= 0.6 is 11.6 Å². The highest BCUT2D eigenvalue weighted by Crippen LogP contribution is 2.25. The van der Waals surface area contributed by atoms with E-state index in [9.17, 15) is 9.59 Å². The third kappa shape index (κ3) is 5.36. The summed E-state index contributed by atoms with van der Waals surface area (Å²) in [5.74, 6) is -0.0745. The molecule has 6 heteroatoms. The predicted molar refractivity (Wildman–Crippen MR) is 95.3 cm³/mol. The highest BCUT2D eigenvalue weighted by Gasteiger charge is 2.14. The Morgan fingerprint density at radius 3 is 2.56 bits per heavy atom. The van der Waals surface area contributed by atoms with Crippen LogP contribution in [0.1, 0.15) is 15.9 Å². The van der Waals surface area contributed by atoms with Gasteiger partial charge in [0.15, 0.2) is 6.61 Å². The molecular weight excluding hydrogens is 344 g/mol. The van der Waals surface area contributed by atoms with Gasteiger partial charge in [-0.05, 0) is 35.9 Å². The van der Waals surface area contributed by atoms with E-state index >= 15 is 0 Å². The zero-order chi connectivity index (χ0) is 18.2. The van der Waals surface area contributed by atoms with Gasteiger partial charge in [0.25, 0.3) is 0 Å². The lowest BCUT2D eigenvalue weighted by atomic mass is 10.1. The molecule has 5 nitrogen and oxygen atoms in total. The molecule has 0 saturated heterocycles. The van der Waals surface area contributed by atoms with Gasteiger partial charge in [-0.3, -0.25) is 4.79 Å². The van der Waals surface area contributed by atoms with Crippen LogP contribution in [0.25, 0.3) is 6.08 Å². The van der Waals surface area contributed by atoms with Crippen LogP contribution in [0.5, 0.6) is 11.5 Å². The van der Waals surface area contributed by atoms with E-state index in [1.54, 1.807) is 48.5 Å². The van der Waals surface area contributed by atoms with Crippen molar-refractivity contribution in [2.75, 3.05) is 20.8 Å². The van der Waals surface area contributed by atoms with E-state index in [0.717, 1.165) is 5.56 Å². The van der Waals surface area contributed by atoms with Gasteiger partial charge in [-0.15, -0.1) is 0 Å². The number of carbonyl (C=O) groups is 2. The fourth-order valence-corrected chi connectivity index (χ4v) is 2.26. The first-order valence-electron chi connectivity index (χ1n) is 7.39. The number of ketones is 1. The summed E-state index contributed by atoms with van der Waals surface area (Å²) < 4.78 is 15.2. The van der Waals surface area contributed by atoms with Crippen LogP contribution in [0.4, 0.5) is 0 Å². The molecule has 2 aromatic carbocycles. The SMILES string of the molecule is COc1ccc(C(=O)COC(=O)/C=C/c2cccc(Cl)c2)c(OC)c1. The third-order valence-corrected chi connectivity index (χ3v) is 3.55. The quantitative estimate of drug-likeness (QED) is 0.427. The summed E-state index contributed by atoms with van der Waals surface area (Å²) >= 11 is 5.87. The van der Waals surface area contributed by atoms with Gasteiger partial charge in [0.2, 0.25) is 5.78 Å². The topological polar surface area (TPSA) is 61.8 Å². The van der Waals surface area contributed by atoms with Crippen LogP contribution in [0, 0.1) is 0 Å². The summed E-state index contributed by atoms with van der Waals surface area (Å²) in [6.07, 6.45) is 2.80. The molecule has 0 aromatic heterocycles. The van der Waals surface area contributed by atoms with Gasteiger partial charge in [-0.2, -0.15) is 0 Å². The Balaban J connectivity index is 1.96. The molecule has 0 N–H and O–H groups in total. The molecule has 0 atom stereocenters. The number of benzene rings is 2. The van der Waals surface area contributed by atoms with E-state index in [1.807, 2.05) is 0 Å². The maximum Gasteiger partial charge on any atom is 0.331 e. The number of carbonyl (C=O) groups excluding carboxylic acids is 2. The minimum Gasteiger partial charge on any atom is -0.497 e. The lowest BCUT2D eigenvalue weighted by Gasteiger charge is -2.09. The standard InChI is InChI=1S/C19H17ClO5/c1-23-15-7-8-16(18(11-15)24-2)17(21)12-25-19(22)9-6-13-4-3-5-14(20)10-13/h3-11H,12H2,1-2H3/b9-6+. The zero-order valence-electron chi connectivity index (χ0n) is 13.8. The molecule has 0 aliphatic heterocycles. The van der Waals surface area contributed by atoms with Crippen molar-refractivity contribution in [2.24, 2.45) is 0 Å². The molecule has 0 saturated carbocycles. The van der Waals surface area contributed by atoms with Gasteiger partial charge >= 0.3 is 5.97 Å². The van der Waals surface area contributed by atoms with Crippen LogP contribution < -0.4 is 9.47 Å². The summed E-state index contributed by atoms with van der Waals surface area (Å²) in [5.41, 5.74) is 1.07. The van der Waals surface area contributed by atoms with Gasteiger partial charge in [-0.25, -0.2) is 4.79 Å². The Morgan fingerprint density at radius 2 is 1.88 bits per heavy atom. The van der Waals surface area contributed by atoms with E-state index in [4.69, 9.17) is 25.8 Å². The van der Waals surface area contributed by atoms with Crippen molar-refractivity contribution in [3.05, 3.63) is 64.7 Å². The molecule has 2 rings (SSSR count). The van der Waals surface area contributed by atoms with Gasteiger partial charge in [0, 0.05) is 17.2 Å². The molecule has 25 heavy (non-hydrogen) atoms. The van der Waals surface area contributed by atoms with Crippen molar-refractivity contribution in [2.45, 2.75) is 0 Å². The number of methoxy groups -OCH3 is 2. The largest absolute Gasteiger partial charge is 0.497 e. The number of hydrogen-bond donors (Lipinski definition) is 0. The van der Waals surface area contributed by atoms with Gasteiger partial charge in [0.05, 0.1) is 19.8 Å². The summed E-state index contributed by atoms with van der Waals surface area (Å²) in [6.45, 7) is -0.387.